The first-order valence-corrected chi connectivity index (χ1v) is 3.86. The number of carbonyl (C=O) groups is 1. The number of carboxylic acid groups (broad SMARTS) is 1. The monoisotopic (exact) mass is 195 g/mol. The van der Waals surface area contributed by atoms with Crippen LogP contribution in [0.15, 0.2) is 36.4 Å². The van der Waals surface area contributed by atoms with Crippen LogP contribution in [-0.2, 0) is 4.79 Å². The molecule has 0 saturated carbocycles. The van der Waals surface area contributed by atoms with Gasteiger partial charge in [-0.15, -0.1) is 0 Å². The number of hydrogen-bond acceptors (Lipinski definition) is 3. The van der Waals surface area contributed by atoms with Gasteiger partial charge in [-0.05, 0) is 31.2 Å². The average Bonchev–Trinajstić information content (AvgIpc) is 2.11. The Kier molecular flexibility index (Phi) is 4.84. The summed E-state index contributed by atoms with van der Waals surface area (Å²) in [5.41, 5.74) is 6.16. The maximum atomic E-state index is 9.60. The lowest BCUT2D eigenvalue weighted by atomic mass is 10.3. The number of nitrogen functional groups attached to an aromatic ring is 1. The van der Waals surface area contributed by atoms with Gasteiger partial charge in [-0.2, -0.15) is 0 Å². The fraction of sp³-hybridized carbons (Fsp3) is 0.100. The Labute approximate surface area is 82.3 Å². The number of nitrogens with two attached hydrogens (primary N) is 1. The van der Waals surface area contributed by atoms with Crippen molar-refractivity contribution in [2.24, 2.45) is 0 Å². The van der Waals surface area contributed by atoms with E-state index in [-0.39, 0.29) is 11.3 Å². The zero-order chi connectivity index (χ0) is 11.1. The Balaban J connectivity index is 0.000000255. The fourth-order valence-corrected chi connectivity index (χ4v) is 0.474. The van der Waals surface area contributed by atoms with Gasteiger partial charge in [0.2, 0.25) is 0 Å². The van der Waals surface area contributed by atoms with E-state index in [1.807, 2.05) is 0 Å². The van der Waals surface area contributed by atoms with Crippen molar-refractivity contribution in [2.45, 2.75) is 6.92 Å². The summed E-state index contributed by atoms with van der Waals surface area (Å²) in [4.78, 5) is 9.60. The molecule has 0 fully saturated rings. The number of benzene rings is 1. The van der Waals surface area contributed by atoms with Crippen LogP contribution in [-0.4, -0.2) is 16.2 Å². The molecule has 4 N–H and O–H groups in total. The summed E-state index contributed by atoms with van der Waals surface area (Å²) in [6.07, 6.45) is 0. The van der Waals surface area contributed by atoms with Crippen molar-refractivity contribution in [3.63, 3.8) is 0 Å². The molecule has 0 amide bonds. The Morgan fingerprint density at radius 3 is 1.93 bits per heavy atom. The summed E-state index contributed by atoms with van der Waals surface area (Å²) in [6.45, 7) is 4.60. The van der Waals surface area contributed by atoms with Gasteiger partial charge in [0, 0.05) is 11.3 Å². The number of carboxylic acids is 1. The lowest BCUT2D eigenvalue weighted by Gasteiger charge is -1.89. The van der Waals surface area contributed by atoms with Gasteiger partial charge in [0.15, 0.2) is 0 Å². The molecule has 4 heteroatoms. The van der Waals surface area contributed by atoms with E-state index in [4.69, 9.17) is 15.9 Å². The first-order chi connectivity index (χ1) is 6.43. The molecule has 0 spiro atoms. The van der Waals surface area contributed by atoms with Crippen LogP contribution in [0.3, 0.4) is 0 Å². The molecule has 4 nitrogen and oxygen atoms in total. The molecule has 0 aliphatic carbocycles. The summed E-state index contributed by atoms with van der Waals surface area (Å²) in [5.74, 6) is -0.686. The highest BCUT2D eigenvalue weighted by Gasteiger charge is 1.90. The molecule has 0 saturated heterocycles. The van der Waals surface area contributed by atoms with Crippen LogP contribution >= 0.6 is 0 Å². The molecule has 0 unspecified atom stereocenters. The van der Waals surface area contributed by atoms with Crippen LogP contribution in [0, 0.1) is 0 Å². The molecule has 0 atom stereocenters. The van der Waals surface area contributed by atoms with Crippen molar-refractivity contribution in [3.05, 3.63) is 36.4 Å². The topological polar surface area (TPSA) is 83.5 Å². The van der Waals surface area contributed by atoms with Gasteiger partial charge in [0.25, 0.3) is 0 Å². The Morgan fingerprint density at radius 2 is 1.71 bits per heavy atom. The van der Waals surface area contributed by atoms with E-state index in [1.54, 1.807) is 24.3 Å². The molecular weight excluding hydrogens is 182 g/mol. The molecule has 1 rings (SSSR count). The number of aromatic hydroxyl groups is 1. The van der Waals surface area contributed by atoms with Gasteiger partial charge in [0.1, 0.15) is 5.75 Å². The molecule has 0 heterocycles. The number of hydrogen-bond donors (Lipinski definition) is 3. The molecule has 14 heavy (non-hydrogen) atoms. The first-order valence-electron chi connectivity index (χ1n) is 3.86. The van der Waals surface area contributed by atoms with E-state index in [0.29, 0.717) is 5.69 Å². The SMILES string of the molecule is C=C(C)C(=O)O.Nc1ccc(O)cc1. The van der Waals surface area contributed by atoms with Gasteiger partial charge in [-0.1, -0.05) is 6.58 Å². The third-order valence-electron chi connectivity index (χ3n) is 1.26. The van der Waals surface area contributed by atoms with E-state index in [2.05, 4.69) is 6.58 Å². The van der Waals surface area contributed by atoms with Crippen LogP contribution < -0.4 is 5.73 Å². The van der Waals surface area contributed by atoms with Crippen LogP contribution in [0.5, 0.6) is 5.75 Å². The van der Waals surface area contributed by atoms with Crippen LogP contribution in [0.1, 0.15) is 6.92 Å². The molecule has 1 aromatic carbocycles. The number of anilines is 1. The van der Waals surface area contributed by atoms with Crippen molar-refractivity contribution in [1.82, 2.24) is 0 Å². The average molecular weight is 195 g/mol. The summed E-state index contributed by atoms with van der Waals surface area (Å²) in [6, 6.07) is 6.40. The Hall–Kier alpha value is -1.97. The zero-order valence-electron chi connectivity index (χ0n) is 7.90. The lowest BCUT2D eigenvalue weighted by Crippen LogP contribution is -1.92. The molecule has 76 valence electrons. The highest BCUT2D eigenvalue weighted by molar-refractivity contribution is 5.84. The largest absolute Gasteiger partial charge is 0.508 e. The van der Waals surface area contributed by atoms with Crippen molar-refractivity contribution in [2.75, 3.05) is 5.73 Å². The smallest absolute Gasteiger partial charge is 0.330 e. The van der Waals surface area contributed by atoms with Crippen LogP contribution in [0.4, 0.5) is 5.69 Å². The highest BCUT2D eigenvalue weighted by Crippen LogP contribution is 2.09. The fourth-order valence-electron chi connectivity index (χ4n) is 0.474. The Bertz CT molecular complexity index is 284. The third kappa shape index (κ3) is 5.65. The number of phenols is 1. The van der Waals surface area contributed by atoms with E-state index in [0.717, 1.165) is 0 Å². The van der Waals surface area contributed by atoms with Gasteiger partial charge in [0.05, 0.1) is 0 Å². The van der Waals surface area contributed by atoms with Crippen LogP contribution in [0.2, 0.25) is 0 Å². The normalized spacial score (nSPS) is 8.36. The van der Waals surface area contributed by atoms with Gasteiger partial charge >= 0.3 is 5.97 Å². The minimum absolute atomic E-state index is 0.176. The second-order valence-corrected chi connectivity index (χ2v) is 2.68. The molecular formula is C10H13NO3. The first kappa shape index (κ1) is 12.0. The predicted molar refractivity (Wildman–Crippen MR) is 55.0 cm³/mol. The molecule has 0 bridgehead atoms. The minimum Gasteiger partial charge on any atom is -0.508 e. The summed E-state index contributed by atoms with van der Waals surface area (Å²) >= 11 is 0. The molecule has 1 aromatic rings. The van der Waals surface area contributed by atoms with Crippen LogP contribution in [0.25, 0.3) is 0 Å². The maximum Gasteiger partial charge on any atom is 0.330 e. The summed E-state index contributed by atoms with van der Waals surface area (Å²) in [5, 5.41) is 16.6. The maximum absolute atomic E-state index is 9.60. The third-order valence-corrected chi connectivity index (χ3v) is 1.26. The van der Waals surface area contributed by atoms with E-state index in [1.165, 1.54) is 6.92 Å². The number of rotatable bonds is 1. The van der Waals surface area contributed by atoms with Gasteiger partial charge < -0.3 is 15.9 Å². The Morgan fingerprint density at radius 1 is 1.36 bits per heavy atom. The molecule has 0 aliphatic rings. The van der Waals surface area contributed by atoms with E-state index < -0.39 is 5.97 Å². The van der Waals surface area contributed by atoms with Crippen molar-refractivity contribution >= 4 is 11.7 Å². The molecule has 0 radical (unpaired) electrons. The standard InChI is InChI=1S/C6H7NO.C4H6O2/c7-5-1-3-6(8)4-2-5;1-3(2)4(5)6/h1-4,8H,7H2;1H2,2H3,(H,5,6). The van der Waals surface area contributed by atoms with Crippen molar-refractivity contribution in [3.8, 4) is 5.75 Å². The van der Waals surface area contributed by atoms with E-state index >= 15 is 0 Å². The van der Waals surface area contributed by atoms with Crippen molar-refractivity contribution < 1.29 is 15.0 Å². The second kappa shape index (κ2) is 5.64. The quantitative estimate of drug-likeness (QED) is 0.361. The summed E-state index contributed by atoms with van der Waals surface area (Å²) in [7, 11) is 0. The number of aliphatic carboxylic acids is 1. The summed E-state index contributed by atoms with van der Waals surface area (Å²) < 4.78 is 0. The number of phenolic OH excluding ortho intramolecular Hbond substituents is 1. The molecule has 0 aromatic heterocycles. The zero-order valence-corrected chi connectivity index (χ0v) is 7.90. The van der Waals surface area contributed by atoms with Crippen molar-refractivity contribution in [1.29, 1.82) is 0 Å². The van der Waals surface area contributed by atoms with E-state index in [9.17, 15) is 4.79 Å². The van der Waals surface area contributed by atoms with Gasteiger partial charge in [-0.25, -0.2) is 4.79 Å². The van der Waals surface area contributed by atoms with Gasteiger partial charge in [-0.3, -0.25) is 0 Å². The lowest BCUT2D eigenvalue weighted by molar-refractivity contribution is -0.132. The highest BCUT2D eigenvalue weighted by atomic mass is 16.4. The molecule has 0 aliphatic heterocycles. The minimum atomic E-state index is -0.935. The predicted octanol–water partition coefficient (Wildman–Crippen LogP) is 1.62. The second-order valence-electron chi connectivity index (χ2n) is 2.68.